The van der Waals surface area contributed by atoms with Gasteiger partial charge in [0.05, 0.1) is 24.2 Å². The van der Waals surface area contributed by atoms with Crippen LogP contribution in [0.3, 0.4) is 0 Å². The third kappa shape index (κ3) is 4.69. The molecule has 0 saturated heterocycles. The topological polar surface area (TPSA) is 113 Å². The number of rotatable bonds is 7. The molecule has 1 aromatic rings. The lowest BCUT2D eigenvalue weighted by molar-refractivity contribution is -0.117. The molecule has 0 radical (unpaired) electrons. The second kappa shape index (κ2) is 7.25. The Hall–Kier alpha value is -2.41. The van der Waals surface area contributed by atoms with Crippen LogP contribution in [-0.2, 0) is 9.53 Å². The quantitative estimate of drug-likeness (QED) is 0.652. The number of benzene rings is 1. The van der Waals surface area contributed by atoms with Crippen LogP contribution >= 0.6 is 0 Å². The van der Waals surface area contributed by atoms with Gasteiger partial charge in [0, 0.05) is 12.3 Å². The number of anilines is 1. The molecule has 20 heavy (non-hydrogen) atoms. The normalized spacial score (nSPS) is 10.1. The fourth-order valence-electron chi connectivity index (χ4n) is 1.48. The molecular weight excluding hydrogens is 266 g/mol. The van der Waals surface area contributed by atoms with Gasteiger partial charge in [-0.15, -0.1) is 0 Å². The molecule has 0 spiro atoms. The zero-order valence-electron chi connectivity index (χ0n) is 10.9. The molecule has 0 heterocycles. The third-order valence-electron chi connectivity index (χ3n) is 2.39. The van der Waals surface area contributed by atoms with Gasteiger partial charge < -0.3 is 20.3 Å². The van der Waals surface area contributed by atoms with Gasteiger partial charge in [0.25, 0.3) is 0 Å². The van der Waals surface area contributed by atoms with E-state index in [1.807, 2.05) is 0 Å². The van der Waals surface area contributed by atoms with Crippen molar-refractivity contribution in [3.63, 3.8) is 0 Å². The van der Waals surface area contributed by atoms with Gasteiger partial charge in [0.2, 0.25) is 5.91 Å². The van der Waals surface area contributed by atoms with Crippen LogP contribution in [0, 0.1) is 0 Å². The monoisotopic (exact) mass is 281 g/mol. The number of carboxylic acid groups (broad SMARTS) is 2. The van der Waals surface area contributed by atoms with Gasteiger partial charge in [0.1, 0.15) is 0 Å². The molecule has 7 nitrogen and oxygen atoms in total. The lowest BCUT2D eigenvalue weighted by Crippen LogP contribution is -2.15. The summed E-state index contributed by atoms with van der Waals surface area (Å²) in [6.45, 7) is 2.53. The molecule has 1 rings (SSSR count). The number of nitrogens with one attached hydrogen (secondary N) is 1. The molecular formula is C13H15NO6. The molecule has 7 heteroatoms. The molecule has 0 atom stereocenters. The summed E-state index contributed by atoms with van der Waals surface area (Å²) in [5.74, 6) is -2.91. The first-order valence-electron chi connectivity index (χ1n) is 5.93. The first kappa shape index (κ1) is 15.6. The molecule has 1 aromatic carbocycles. The molecule has 0 aromatic heterocycles. The van der Waals surface area contributed by atoms with Crippen LogP contribution in [0.15, 0.2) is 18.2 Å². The van der Waals surface area contributed by atoms with Gasteiger partial charge in [-0.05, 0) is 25.1 Å². The van der Waals surface area contributed by atoms with Crippen molar-refractivity contribution in [1.82, 2.24) is 0 Å². The Morgan fingerprint density at radius 2 is 1.65 bits per heavy atom. The second-order valence-electron chi connectivity index (χ2n) is 3.90. The lowest BCUT2D eigenvalue weighted by atomic mass is 10.1. The maximum Gasteiger partial charge on any atom is 0.335 e. The standard InChI is InChI=1S/C13H15NO6/c1-2-20-4-3-11(15)14-10-6-8(12(16)17)5-9(7-10)13(18)19/h5-7H,2-4H2,1H3,(H,14,15)(H,16,17)(H,18,19). The first-order valence-corrected chi connectivity index (χ1v) is 5.93. The number of hydrogen-bond donors (Lipinski definition) is 3. The summed E-state index contributed by atoms with van der Waals surface area (Å²) in [5, 5.41) is 20.2. The van der Waals surface area contributed by atoms with Crippen LogP contribution in [-0.4, -0.2) is 41.3 Å². The molecule has 0 aliphatic rings. The minimum absolute atomic E-state index is 0.105. The Kier molecular flexibility index (Phi) is 5.67. The zero-order valence-corrected chi connectivity index (χ0v) is 10.9. The summed E-state index contributed by atoms with van der Waals surface area (Å²) in [5.41, 5.74) is -0.279. The van der Waals surface area contributed by atoms with Crippen molar-refractivity contribution in [2.45, 2.75) is 13.3 Å². The van der Waals surface area contributed by atoms with Crippen LogP contribution in [0.2, 0.25) is 0 Å². The minimum Gasteiger partial charge on any atom is -0.478 e. The maximum atomic E-state index is 11.6. The average molecular weight is 281 g/mol. The Morgan fingerprint density at radius 3 is 2.10 bits per heavy atom. The summed E-state index contributed by atoms with van der Waals surface area (Å²) < 4.78 is 5.02. The lowest BCUT2D eigenvalue weighted by Gasteiger charge is -2.08. The maximum absolute atomic E-state index is 11.6. The Bertz CT molecular complexity index is 493. The van der Waals surface area contributed by atoms with Crippen molar-refractivity contribution in [1.29, 1.82) is 0 Å². The van der Waals surface area contributed by atoms with Crippen molar-refractivity contribution >= 4 is 23.5 Å². The van der Waals surface area contributed by atoms with E-state index >= 15 is 0 Å². The smallest absolute Gasteiger partial charge is 0.335 e. The molecule has 0 aliphatic carbocycles. The van der Waals surface area contributed by atoms with E-state index in [1.54, 1.807) is 6.92 Å². The fraction of sp³-hybridized carbons (Fsp3) is 0.308. The number of ether oxygens (including phenoxy) is 1. The minimum atomic E-state index is -1.27. The number of carbonyl (C=O) groups is 3. The summed E-state index contributed by atoms with van der Waals surface area (Å²) in [6.07, 6.45) is 0.105. The van der Waals surface area contributed by atoms with E-state index in [0.29, 0.717) is 6.61 Å². The molecule has 0 fully saturated rings. The zero-order chi connectivity index (χ0) is 15.1. The van der Waals surface area contributed by atoms with E-state index in [9.17, 15) is 14.4 Å². The summed E-state index contributed by atoms with van der Waals surface area (Å²) in [6, 6.07) is 3.43. The number of amides is 1. The highest BCUT2D eigenvalue weighted by atomic mass is 16.5. The van der Waals surface area contributed by atoms with Gasteiger partial charge >= 0.3 is 11.9 Å². The highest BCUT2D eigenvalue weighted by Gasteiger charge is 2.12. The van der Waals surface area contributed by atoms with Crippen LogP contribution < -0.4 is 5.32 Å². The predicted molar refractivity (Wildman–Crippen MR) is 70.1 cm³/mol. The largest absolute Gasteiger partial charge is 0.478 e. The van der Waals surface area contributed by atoms with Gasteiger partial charge in [-0.2, -0.15) is 0 Å². The SMILES string of the molecule is CCOCCC(=O)Nc1cc(C(=O)O)cc(C(=O)O)c1. The van der Waals surface area contributed by atoms with Crippen LogP contribution in [0.25, 0.3) is 0 Å². The predicted octanol–water partition coefficient (Wildman–Crippen LogP) is 1.45. The highest BCUT2D eigenvalue weighted by Crippen LogP contribution is 2.16. The van der Waals surface area contributed by atoms with Crippen molar-refractivity contribution < 1.29 is 29.3 Å². The van der Waals surface area contributed by atoms with E-state index in [1.165, 1.54) is 12.1 Å². The van der Waals surface area contributed by atoms with Gasteiger partial charge in [-0.1, -0.05) is 0 Å². The number of hydrogen-bond acceptors (Lipinski definition) is 4. The summed E-state index contributed by atoms with van der Waals surface area (Å²) in [7, 11) is 0. The second-order valence-corrected chi connectivity index (χ2v) is 3.90. The molecule has 0 unspecified atom stereocenters. The fourth-order valence-corrected chi connectivity index (χ4v) is 1.48. The van der Waals surface area contributed by atoms with Gasteiger partial charge in [-0.3, -0.25) is 4.79 Å². The average Bonchev–Trinajstić information content (AvgIpc) is 2.38. The van der Waals surface area contributed by atoms with Crippen LogP contribution in [0.1, 0.15) is 34.1 Å². The molecule has 1 amide bonds. The van der Waals surface area contributed by atoms with Crippen LogP contribution in [0.5, 0.6) is 0 Å². The third-order valence-corrected chi connectivity index (χ3v) is 2.39. The van der Waals surface area contributed by atoms with Gasteiger partial charge in [-0.25, -0.2) is 9.59 Å². The number of carbonyl (C=O) groups excluding carboxylic acids is 1. The van der Waals surface area contributed by atoms with E-state index < -0.39 is 11.9 Å². The molecule has 3 N–H and O–H groups in total. The molecule has 0 bridgehead atoms. The van der Waals surface area contributed by atoms with Crippen molar-refractivity contribution in [2.75, 3.05) is 18.5 Å². The Morgan fingerprint density at radius 1 is 1.10 bits per heavy atom. The van der Waals surface area contributed by atoms with E-state index in [2.05, 4.69) is 5.32 Å². The van der Waals surface area contributed by atoms with Crippen LogP contribution in [0.4, 0.5) is 5.69 Å². The molecule has 108 valence electrons. The van der Waals surface area contributed by atoms with Crippen molar-refractivity contribution in [3.8, 4) is 0 Å². The van der Waals surface area contributed by atoms with E-state index in [4.69, 9.17) is 14.9 Å². The Balaban J connectivity index is 2.86. The van der Waals surface area contributed by atoms with Crippen molar-refractivity contribution in [3.05, 3.63) is 29.3 Å². The molecule has 0 saturated carbocycles. The Labute approximate surface area is 115 Å². The van der Waals surface area contributed by atoms with E-state index in [-0.39, 0.29) is 35.7 Å². The first-order chi connectivity index (χ1) is 9.43. The van der Waals surface area contributed by atoms with Crippen molar-refractivity contribution in [2.24, 2.45) is 0 Å². The number of aromatic carboxylic acids is 2. The molecule has 0 aliphatic heterocycles. The highest BCUT2D eigenvalue weighted by molar-refractivity contribution is 5.98. The summed E-state index contributed by atoms with van der Waals surface area (Å²) in [4.78, 5) is 33.4. The van der Waals surface area contributed by atoms with E-state index in [0.717, 1.165) is 6.07 Å². The van der Waals surface area contributed by atoms with Gasteiger partial charge in [0.15, 0.2) is 0 Å². The summed E-state index contributed by atoms with van der Waals surface area (Å²) >= 11 is 0. The number of carboxylic acids is 2.